The molecule has 0 atom stereocenters. The first-order valence-corrected chi connectivity index (χ1v) is 12.6. The first kappa shape index (κ1) is 27.1. The molecule has 5 aromatic rings. The summed E-state index contributed by atoms with van der Waals surface area (Å²) in [5, 5.41) is 2.86. The van der Waals surface area contributed by atoms with Gasteiger partial charge >= 0.3 is 0 Å². The molecular formula is C30H28N4O7. The van der Waals surface area contributed by atoms with Gasteiger partial charge in [0, 0.05) is 17.8 Å². The molecule has 0 spiro atoms. The van der Waals surface area contributed by atoms with E-state index in [1.807, 2.05) is 30.3 Å². The molecule has 0 radical (unpaired) electrons. The van der Waals surface area contributed by atoms with Gasteiger partial charge < -0.3 is 27.9 Å². The maximum absolute atomic E-state index is 13.4. The fourth-order valence-corrected chi connectivity index (χ4v) is 4.22. The zero-order valence-corrected chi connectivity index (χ0v) is 22.7. The van der Waals surface area contributed by atoms with Crippen molar-refractivity contribution in [2.24, 2.45) is 0 Å². The molecule has 0 fully saturated rings. The number of benzene rings is 2. The second kappa shape index (κ2) is 12.2. The van der Waals surface area contributed by atoms with Crippen molar-refractivity contribution >= 4 is 17.8 Å². The van der Waals surface area contributed by atoms with Crippen molar-refractivity contribution < 1.29 is 32.6 Å². The number of anilines is 1. The number of imidazole rings is 1. The predicted octanol–water partition coefficient (Wildman–Crippen LogP) is 5.03. The van der Waals surface area contributed by atoms with Crippen molar-refractivity contribution in [2.45, 2.75) is 6.54 Å². The third-order valence-corrected chi connectivity index (χ3v) is 6.27. The summed E-state index contributed by atoms with van der Waals surface area (Å²) >= 11 is 0. The van der Waals surface area contributed by atoms with Crippen molar-refractivity contribution in [1.82, 2.24) is 14.5 Å². The average Bonchev–Trinajstić information content (AvgIpc) is 3.79. The minimum absolute atomic E-state index is 0.0706. The van der Waals surface area contributed by atoms with Gasteiger partial charge in [0.25, 0.3) is 5.91 Å². The van der Waals surface area contributed by atoms with Crippen molar-refractivity contribution in [3.63, 3.8) is 0 Å². The molecular weight excluding hydrogens is 528 g/mol. The quantitative estimate of drug-likeness (QED) is 0.240. The van der Waals surface area contributed by atoms with Crippen molar-refractivity contribution in [3.8, 4) is 34.2 Å². The summed E-state index contributed by atoms with van der Waals surface area (Å²) in [6.45, 7) is -0.210. The number of ether oxygens (including phenoxy) is 3. The molecule has 0 unspecified atom stereocenters. The third-order valence-electron chi connectivity index (χ3n) is 6.27. The van der Waals surface area contributed by atoms with Gasteiger partial charge in [-0.1, -0.05) is 0 Å². The number of aromatic nitrogens is 2. The van der Waals surface area contributed by atoms with E-state index in [4.69, 9.17) is 28.0 Å². The van der Waals surface area contributed by atoms with Crippen molar-refractivity contribution in [1.29, 1.82) is 0 Å². The average molecular weight is 557 g/mol. The van der Waals surface area contributed by atoms with E-state index in [1.165, 1.54) is 17.4 Å². The number of amides is 2. The first-order chi connectivity index (χ1) is 20.0. The SMILES string of the molecule is COc1ccc(-c2cn(-c3ccc(OC)c(OC)c3)c(NC(=O)CN(Cc3ccco3)C(=O)c3ccco3)n2)cc1. The number of hydrogen-bond acceptors (Lipinski definition) is 8. The van der Waals surface area contributed by atoms with E-state index in [9.17, 15) is 9.59 Å². The van der Waals surface area contributed by atoms with Gasteiger partial charge in [0.05, 0.1) is 51.8 Å². The Labute approximate surface area is 235 Å². The Kier molecular flexibility index (Phi) is 8.05. The Morgan fingerprint density at radius 3 is 2.32 bits per heavy atom. The Bertz CT molecular complexity index is 1610. The molecule has 0 aliphatic heterocycles. The molecule has 11 heteroatoms. The molecule has 0 saturated heterocycles. The number of nitrogens with zero attached hydrogens (tertiary/aromatic N) is 3. The fraction of sp³-hybridized carbons (Fsp3) is 0.167. The van der Waals surface area contributed by atoms with Crippen LogP contribution in [-0.2, 0) is 11.3 Å². The predicted molar refractivity (Wildman–Crippen MR) is 149 cm³/mol. The maximum Gasteiger partial charge on any atom is 0.290 e. The van der Waals surface area contributed by atoms with Gasteiger partial charge in [-0.2, -0.15) is 0 Å². The Balaban J connectivity index is 1.46. The van der Waals surface area contributed by atoms with Gasteiger partial charge in [0.2, 0.25) is 11.9 Å². The molecule has 1 N–H and O–H groups in total. The molecule has 0 aliphatic carbocycles. The van der Waals surface area contributed by atoms with Crippen LogP contribution in [0.3, 0.4) is 0 Å². The number of hydrogen-bond donors (Lipinski definition) is 1. The topological polar surface area (TPSA) is 121 Å². The molecule has 5 rings (SSSR count). The van der Waals surface area contributed by atoms with E-state index in [2.05, 4.69) is 5.32 Å². The molecule has 3 heterocycles. The van der Waals surface area contributed by atoms with Crippen molar-refractivity contribution in [3.05, 3.63) is 97.0 Å². The van der Waals surface area contributed by atoms with Crippen LogP contribution in [0, 0.1) is 0 Å². The van der Waals surface area contributed by atoms with Gasteiger partial charge in [-0.3, -0.25) is 19.5 Å². The lowest BCUT2D eigenvalue weighted by molar-refractivity contribution is -0.117. The van der Waals surface area contributed by atoms with Crippen molar-refractivity contribution in [2.75, 3.05) is 33.2 Å². The van der Waals surface area contributed by atoms with Crippen LogP contribution in [0.4, 0.5) is 5.95 Å². The summed E-state index contributed by atoms with van der Waals surface area (Å²) in [6, 6.07) is 19.4. The summed E-state index contributed by atoms with van der Waals surface area (Å²) in [4.78, 5) is 32.6. The van der Waals surface area contributed by atoms with E-state index >= 15 is 0 Å². The van der Waals surface area contributed by atoms with Crippen LogP contribution in [0.15, 0.2) is 94.3 Å². The molecule has 0 bridgehead atoms. The van der Waals surface area contributed by atoms with E-state index in [0.717, 1.165) is 5.56 Å². The van der Waals surface area contributed by atoms with Gasteiger partial charge in [-0.15, -0.1) is 0 Å². The summed E-state index contributed by atoms with van der Waals surface area (Å²) < 4.78 is 28.5. The zero-order chi connectivity index (χ0) is 28.8. The second-order valence-corrected chi connectivity index (χ2v) is 8.85. The standard InChI is InChI=1S/C30H28N4O7/c1-37-22-11-8-20(9-12-22)24-18-34(21-10-13-25(38-2)27(16-21)39-3)30(31-24)32-28(35)19-33(17-23-6-4-14-40-23)29(36)26-7-5-15-41-26/h4-16,18H,17,19H2,1-3H3,(H,31,32,35). The first-order valence-electron chi connectivity index (χ1n) is 12.6. The molecule has 210 valence electrons. The van der Waals surface area contributed by atoms with Crippen LogP contribution < -0.4 is 19.5 Å². The van der Waals surface area contributed by atoms with Gasteiger partial charge in [-0.25, -0.2) is 4.98 Å². The number of methoxy groups -OCH3 is 3. The van der Waals surface area contributed by atoms with E-state index < -0.39 is 11.8 Å². The van der Waals surface area contributed by atoms with Gasteiger partial charge in [-0.05, 0) is 60.7 Å². The smallest absolute Gasteiger partial charge is 0.290 e. The van der Waals surface area contributed by atoms with Crippen LogP contribution in [0.1, 0.15) is 16.3 Å². The Hall–Kier alpha value is -5.45. The van der Waals surface area contributed by atoms with E-state index in [1.54, 1.807) is 68.5 Å². The Morgan fingerprint density at radius 1 is 0.902 bits per heavy atom. The normalized spacial score (nSPS) is 10.7. The number of furan rings is 2. The number of carbonyl (C=O) groups is 2. The number of rotatable bonds is 11. The molecule has 2 amide bonds. The second-order valence-electron chi connectivity index (χ2n) is 8.85. The molecule has 41 heavy (non-hydrogen) atoms. The summed E-state index contributed by atoms with van der Waals surface area (Å²) in [7, 11) is 4.70. The largest absolute Gasteiger partial charge is 0.497 e. The molecule has 2 aromatic carbocycles. The lowest BCUT2D eigenvalue weighted by Crippen LogP contribution is -2.37. The third kappa shape index (κ3) is 6.09. The van der Waals surface area contributed by atoms with Crippen LogP contribution in [-0.4, -0.2) is 54.1 Å². The van der Waals surface area contributed by atoms with Crippen LogP contribution >= 0.6 is 0 Å². The number of nitrogens with one attached hydrogen (secondary N) is 1. The molecule has 0 aliphatic rings. The lowest BCUT2D eigenvalue weighted by Gasteiger charge is -2.20. The molecule has 0 saturated carbocycles. The lowest BCUT2D eigenvalue weighted by atomic mass is 10.1. The van der Waals surface area contributed by atoms with Crippen LogP contribution in [0.25, 0.3) is 16.9 Å². The molecule has 3 aromatic heterocycles. The number of carbonyl (C=O) groups excluding carboxylic acids is 2. The Morgan fingerprint density at radius 2 is 1.66 bits per heavy atom. The van der Waals surface area contributed by atoms with Gasteiger partial charge in [0.1, 0.15) is 18.1 Å². The van der Waals surface area contributed by atoms with E-state index in [0.29, 0.717) is 34.4 Å². The summed E-state index contributed by atoms with van der Waals surface area (Å²) in [6.07, 6.45) is 4.71. The highest BCUT2D eigenvalue weighted by atomic mass is 16.5. The molecule has 11 nitrogen and oxygen atoms in total. The monoisotopic (exact) mass is 556 g/mol. The highest BCUT2D eigenvalue weighted by molar-refractivity contribution is 5.97. The zero-order valence-electron chi connectivity index (χ0n) is 22.7. The highest BCUT2D eigenvalue weighted by Crippen LogP contribution is 2.32. The van der Waals surface area contributed by atoms with Crippen LogP contribution in [0.5, 0.6) is 17.2 Å². The van der Waals surface area contributed by atoms with E-state index in [-0.39, 0.29) is 24.8 Å². The maximum atomic E-state index is 13.4. The highest BCUT2D eigenvalue weighted by Gasteiger charge is 2.24. The van der Waals surface area contributed by atoms with Crippen LogP contribution in [0.2, 0.25) is 0 Å². The minimum Gasteiger partial charge on any atom is -0.497 e. The minimum atomic E-state index is -0.468. The summed E-state index contributed by atoms with van der Waals surface area (Å²) in [5.41, 5.74) is 2.09. The summed E-state index contributed by atoms with van der Waals surface area (Å²) in [5.74, 6) is 1.73. The fourth-order valence-electron chi connectivity index (χ4n) is 4.22. The van der Waals surface area contributed by atoms with Gasteiger partial charge in [0.15, 0.2) is 17.3 Å².